The Morgan fingerprint density at radius 2 is 1.81 bits per heavy atom. The number of allylic oxidation sites excluding steroid dienone is 1. The summed E-state index contributed by atoms with van der Waals surface area (Å²) >= 11 is 0. The van der Waals surface area contributed by atoms with Crippen LogP contribution in [0.4, 0.5) is 0 Å². The fourth-order valence-corrected chi connectivity index (χ4v) is 11.6. The number of nitrogens with one attached hydrogen (secondary N) is 1. The van der Waals surface area contributed by atoms with Crippen LogP contribution in [-0.2, 0) is 40.4 Å². The molecule has 6 aliphatic rings. The van der Waals surface area contributed by atoms with Crippen LogP contribution in [0.15, 0.2) is 30.9 Å². The van der Waals surface area contributed by atoms with E-state index in [1.165, 1.54) is 11.3 Å². The van der Waals surface area contributed by atoms with Crippen molar-refractivity contribution >= 4 is 44.6 Å². The molecule has 3 heterocycles. The smallest absolute Gasteiger partial charge is 0.306 e. The number of esters is 1. The topological polar surface area (TPSA) is 171 Å². The van der Waals surface area contributed by atoms with Gasteiger partial charge in [0.1, 0.15) is 23.7 Å². The summed E-state index contributed by atoms with van der Waals surface area (Å²) in [5.74, 6) is -1.23. The van der Waals surface area contributed by atoms with E-state index >= 15 is 4.79 Å². The summed E-state index contributed by atoms with van der Waals surface area (Å²) in [6.07, 6.45) is 7.99. The summed E-state index contributed by atoms with van der Waals surface area (Å²) in [7, 11) is -2.28. The number of aryl methyl sites for hydroxylation is 1. The molecule has 314 valence electrons. The van der Waals surface area contributed by atoms with E-state index in [1.54, 1.807) is 19.3 Å². The number of nitrogens with zero attached hydrogens (tertiary/aromatic N) is 3. The first kappa shape index (κ1) is 40.7. The van der Waals surface area contributed by atoms with Crippen LogP contribution < -0.4 is 14.2 Å². The number of Topliss-reactive ketones (excluding diaryl/α,β-unsaturated/α-hetero) is 1. The molecular formula is C44H58N4O9S. The zero-order chi connectivity index (χ0) is 41.3. The van der Waals surface area contributed by atoms with Crippen molar-refractivity contribution in [2.24, 2.45) is 46.3 Å². The number of ketones is 1. The van der Waals surface area contributed by atoms with Crippen LogP contribution in [0.3, 0.4) is 0 Å². The summed E-state index contributed by atoms with van der Waals surface area (Å²) in [6.45, 7) is 11.5. The predicted molar refractivity (Wildman–Crippen MR) is 215 cm³/mol. The van der Waals surface area contributed by atoms with Gasteiger partial charge in [0.15, 0.2) is 5.78 Å². The Morgan fingerprint density at radius 1 is 1.03 bits per heavy atom. The number of hydrogen-bond donors (Lipinski definition) is 1. The van der Waals surface area contributed by atoms with Crippen molar-refractivity contribution in [2.75, 3.05) is 13.7 Å². The molecule has 5 fully saturated rings. The van der Waals surface area contributed by atoms with E-state index < -0.39 is 67.9 Å². The Kier molecular flexibility index (Phi) is 10.7. The number of hydrogen-bond acceptors (Lipinski definition) is 11. The van der Waals surface area contributed by atoms with Gasteiger partial charge in [-0.2, -0.15) is 0 Å². The van der Waals surface area contributed by atoms with Crippen molar-refractivity contribution in [1.82, 2.24) is 19.6 Å². The molecular weight excluding hydrogens is 761 g/mol. The van der Waals surface area contributed by atoms with Crippen LogP contribution in [0.2, 0.25) is 0 Å². The van der Waals surface area contributed by atoms with E-state index in [0.717, 1.165) is 32.1 Å². The highest BCUT2D eigenvalue weighted by atomic mass is 32.2. The zero-order valence-corrected chi connectivity index (χ0v) is 35.2. The Morgan fingerprint density at radius 3 is 2.50 bits per heavy atom. The van der Waals surface area contributed by atoms with Gasteiger partial charge in [0.25, 0.3) is 0 Å². The highest BCUT2D eigenvalue weighted by Gasteiger charge is 2.62. The molecule has 4 aliphatic carbocycles. The van der Waals surface area contributed by atoms with Gasteiger partial charge in [-0.25, -0.2) is 18.4 Å². The minimum atomic E-state index is -3.87. The molecule has 58 heavy (non-hydrogen) atoms. The van der Waals surface area contributed by atoms with Gasteiger partial charge >= 0.3 is 5.97 Å². The second-order valence-corrected chi connectivity index (χ2v) is 21.1. The number of ether oxygens (including phenoxy) is 3. The first-order chi connectivity index (χ1) is 27.5. The number of rotatable bonds is 8. The molecule has 2 amide bonds. The van der Waals surface area contributed by atoms with Crippen molar-refractivity contribution in [3.05, 3.63) is 36.5 Å². The van der Waals surface area contributed by atoms with Crippen molar-refractivity contribution in [1.29, 1.82) is 0 Å². The van der Waals surface area contributed by atoms with Crippen LogP contribution >= 0.6 is 0 Å². The zero-order valence-electron chi connectivity index (χ0n) is 34.4. The minimum Gasteiger partial charge on any atom is -0.497 e. The maximum Gasteiger partial charge on any atom is 0.306 e. The second kappa shape index (κ2) is 15.2. The van der Waals surface area contributed by atoms with E-state index in [9.17, 15) is 22.8 Å². The van der Waals surface area contributed by atoms with Crippen LogP contribution in [0.25, 0.3) is 11.0 Å². The summed E-state index contributed by atoms with van der Waals surface area (Å²) in [4.78, 5) is 68.9. The van der Waals surface area contributed by atoms with E-state index in [-0.39, 0.29) is 43.6 Å². The summed E-state index contributed by atoms with van der Waals surface area (Å²) in [5, 5.41) is -0.611. The number of aromatic nitrogens is 2. The Balaban J connectivity index is 1.15. The molecule has 10 atom stereocenters. The molecule has 14 heteroatoms. The van der Waals surface area contributed by atoms with E-state index in [4.69, 9.17) is 24.2 Å². The molecule has 1 N–H and O–H groups in total. The predicted octanol–water partition coefficient (Wildman–Crippen LogP) is 5.73. The first-order valence-electron chi connectivity index (χ1n) is 21.3. The molecule has 8 rings (SSSR count). The lowest BCUT2D eigenvalue weighted by atomic mass is 9.77. The van der Waals surface area contributed by atoms with Crippen molar-refractivity contribution in [2.45, 2.75) is 128 Å². The summed E-state index contributed by atoms with van der Waals surface area (Å²) < 4.78 is 46.5. The van der Waals surface area contributed by atoms with E-state index in [1.807, 2.05) is 39.8 Å². The van der Waals surface area contributed by atoms with Gasteiger partial charge in [0, 0.05) is 18.4 Å². The Hall–Kier alpha value is -4.07. The van der Waals surface area contributed by atoms with Gasteiger partial charge in [-0.05, 0) is 92.6 Å². The molecule has 0 radical (unpaired) electrons. The number of benzene rings is 1. The Bertz CT molecular complexity index is 2110. The lowest BCUT2D eigenvalue weighted by molar-refractivity contribution is -0.158. The highest BCUT2D eigenvalue weighted by Crippen LogP contribution is 2.58. The molecule has 0 spiro atoms. The molecule has 13 nitrogen and oxygen atoms in total. The number of methoxy groups -OCH3 is 1. The average Bonchev–Trinajstić information content (AvgIpc) is 4.10. The normalized spacial score (nSPS) is 34.0. The van der Waals surface area contributed by atoms with Gasteiger partial charge in [0.05, 0.1) is 53.7 Å². The third-order valence-electron chi connectivity index (χ3n) is 14.1. The number of carbonyl (C=O) groups excluding carboxylic acids is 4. The number of amides is 2. The van der Waals surface area contributed by atoms with Crippen LogP contribution in [0.1, 0.15) is 104 Å². The molecule has 1 aromatic heterocycles. The maximum absolute atomic E-state index is 15.0. The van der Waals surface area contributed by atoms with Crippen molar-refractivity contribution in [3.63, 3.8) is 0 Å². The molecule has 2 bridgehead atoms. The summed E-state index contributed by atoms with van der Waals surface area (Å²) in [5.41, 5.74) is -0.000406. The van der Waals surface area contributed by atoms with Gasteiger partial charge in [-0.15, -0.1) is 6.58 Å². The van der Waals surface area contributed by atoms with Crippen molar-refractivity contribution in [3.8, 4) is 11.6 Å². The molecule has 2 aliphatic heterocycles. The molecule has 0 unspecified atom stereocenters. The number of carbonyl (C=O) groups is 4. The maximum atomic E-state index is 15.0. The molecule has 1 aromatic carbocycles. The average molecular weight is 819 g/mol. The molecule has 1 saturated heterocycles. The van der Waals surface area contributed by atoms with Crippen LogP contribution in [-0.4, -0.2) is 84.0 Å². The summed E-state index contributed by atoms with van der Waals surface area (Å²) in [6, 6.07) is 4.49. The van der Waals surface area contributed by atoms with Gasteiger partial charge in [0.2, 0.25) is 27.7 Å². The standard InChI is InChI=1S/C44H58N4O9S/c1-7-26-21-44(26,42(52)47-58(53,54)28-14-15-28)22-35(49)39-24(2)37-23-48(39)41(51)31(43(3,4)5)20-38(50)56-36-18-25-17-30(25)29(36)11-9-8-10-12-33-40(57-37)46-34-19-27(55-6)13-16-32(34)45-33/h7,13,16,19,24-26,28-31,36-37,39H,1,8-12,14-15,17-18,20-23H2,2-6H3,(H,47,52)/t24-,25+,26-,29-,30+,31-,36-,37+,39+,44-/m1/s1. The van der Waals surface area contributed by atoms with E-state index in [2.05, 4.69) is 11.3 Å². The lowest BCUT2D eigenvalue weighted by Gasteiger charge is -2.35. The van der Waals surface area contributed by atoms with Crippen molar-refractivity contribution < 1.29 is 41.8 Å². The molecule has 4 saturated carbocycles. The van der Waals surface area contributed by atoms with Gasteiger partial charge < -0.3 is 19.1 Å². The Labute approximate surface area is 341 Å². The third kappa shape index (κ3) is 7.86. The first-order valence-corrected chi connectivity index (χ1v) is 22.8. The quantitative estimate of drug-likeness (QED) is 0.255. The van der Waals surface area contributed by atoms with E-state index in [0.29, 0.717) is 65.4 Å². The molecule has 2 aromatic rings. The van der Waals surface area contributed by atoms with Gasteiger partial charge in [-0.1, -0.05) is 46.6 Å². The SMILES string of the molecule is C=C[C@@H]1C[C@]1(CC(=O)[C@@H]1[C@H](C)[C@@H]2CN1C(=O)[C@H](C(C)(C)C)CC(=O)O[C@@H]1C[C@@H]3C[C@@H]3[C@H]1CCCCCc1nc3ccc(OC)cc3nc1O2)C(=O)NS(=O)(=O)C1CC1. The highest BCUT2D eigenvalue weighted by molar-refractivity contribution is 7.90. The van der Waals surface area contributed by atoms with Crippen LogP contribution in [0, 0.1) is 46.3 Å². The fourth-order valence-electron chi connectivity index (χ4n) is 10.2. The number of fused-ring (bicyclic) bond motifs is 7. The number of sulfonamides is 1. The van der Waals surface area contributed by atoms with Gasteiger partial charge in [-0.3, -0.25) is 23.9 Å². The van der Waals surface area contributed by atoms with Crippen LogP contribution in [0.5, 0.6) is 11.6 Å². The second-order valence-electron chi connectivity index (χ2n) is 19.1. The fraction of sp³-hybridized carbons (Fsp3) is 0.682. The monoisotopic (exact) mass is 818 g/mol. The largest absolute Gasteiger partial charge is 0.497 e. The lowest BCUT2D eigenvalue weighted by Crippen LogP contribution is -2.50. The third-order valence-corrected chi connectivity index (χ3v) is 15.9. The minimum absolute atomic E-state index is 0.0313.